The topological polar surface area (TPSA) is 152 Å². The van der Waals surface area contributed by atoms with Crippen molar-refractivity contribution >= 4 is 33.5 Å². The van der Waals surface area contributed by atoms with Crippen molar-refractivity contribution in [2.75, 3.05) is 43.9 Å². The summed E-state index contributed by atoms with van der Waals surface area (Å²) in [5.74, 6) is 5.02. The Labute approximate surface area is 220 Å². The Morgan fingerprint density at radius 1 is 1.05 bits per heavy atom. The zero-order valence-corrected chi connectivity index (χ0v) is 21.9. The number of hydrogen-bond acceptors (Lipinski definition) is 7. The van der Waals surface area contributed by atoms with Crippen molar-refractivity contribution in [3.63, 3.8) is 0 Å². The van der Waals surface area contributed by atoms with Crippen LogP contribution in [0.2, 0.25) is 0 Å². The van der Waals surface area contributed by atoms with Crippen LogP contribution in [0.4, 0.5) is 15.3 Å². The monoisotopic (exact) mass is 543 g/mol. The van der Waals surface area contributed by atoms with Crippen molar-refractivity contribution in [2.24, 2.45) is 0 Å². The molecular weight excluding hydrogens is 514 g/mol. The second-order valence-electron chi connectivity index (χ2n) is 9.43. The van der Waals surface area contributed by atoms with Gasteiger partial charge in [0.1, 0.15) is 0 Å². The number of aromatic nitrogens is 1. The van der Waals surface area contributed by atoms with Gasteiger partial charge >= 0.3 is 12.1 Å². The number of hydrogen-bond donors (Lipinski definition) is 3. The number of hydroxylamine groups is 1. The highest BCUT2D eigenvalue weighted by Gasteiger charge is 2.44. The van der Waals surface area contributed by atoms with E-state index in [1.54, 1.807) is 22.1 Å². The summed E-state index contributed by atoms with van der Waals surface area (Å²) in [7, 11) is -3.86. The Kier molecular flexibility index (Phi) is 7.50. The number of benzene rings is 1. The Bertz CT molecular complexity index is 1420. The van der Waals surface area contributed by atoms with Crippen molar-refractivity contribution in [1.29, 1.82) is 0 Å². The fourth-order valence-corrected chi connectivity index (χ4v) is 5.26. The van der Waals surface area contributed by atoms with E-state index in [-0.39, 0.29) is 38.2 Å². The molecule has 3 N–H and O–H groups in total. The van der Waals surface area contributed by atoms with Gasteiger partial charge in [-0.1, -0.05) is 11.8 Å². The molecule has 38 heavy (non-hydrogen) atoms. The molecule has 1 fully saturated rings. The van der Waals surface area contributed by atoms with Crippen molar-refractivity contribution < 1.29 is 33.1 Å². The summed E-state index contributed by atoms with van der Waals surface area (Å²) in [4.78, 5) is 41.9. The maximum absolute atomic E-state index is 12.8. The molecule has 2 aromatic rings. The molecule has 1 atom stereocenters. The first-order chi connectivity index (χ1) is 18.0. The Morgan fingerprint density at radius 3 is 2.34 bits per heavy atom. The number of nitrogens with zero attached hydrogens (tertiary/aromatic N) is 4. The summed E-state index contributed by atoms with van der Waals surface area (Å²) < 4.78 is 23.9. The molecule has 1 saturated heterocycles. The quantitative estimate of drug-likeness (QED) is 0.251. The summed E-state index contributed by atoms with van der Waals surface area (Å²) in [5, 5.41) is 18.0. The molecule has 0 saturated carbocycles. The van der Waals surface area contributed by atoms with E-state index in [9.17, 15) is 22.8 Å². The molecule has 4 amide bonds. The van der Waals surface area contributed by atoms with Gasteiger partial charge < -0.3 is 14.9 Å². The minimum absolute atomic E-state index is 0.00213. The van der Waals surface area contributed by atoms with E-state index < -0.39 is 20.5 Å². The van der Waals surface area contributed by atoms with Crippen LogP contribution in [0, 0.1) is 11.8 Å². The lowest BCUT2D eigenvalue weighted by atomic mass is 10.1. The SMILES string of the molecule is C[C@@](CCN1Cc2cc(C#Cc3ccc(N4CCN(CCO)C4=O)cc3)cn2C1=O)(C(=O)NO)S(C)(=O)=O. The van der Waals surface area contributed by atoms with E-state index in [0.717, 1.165) is 17.5 Å². The van der Waals surface area contributed by atoms with Crippen molar-refractivity contribution in [1.82, 2.24) is 19.8 Å². The van der Waals surface area contributed by atoms with Gasteiger partial charge in [0.2, 0.25) is 0 Å². The van der Waals surface area contributed by atoms with Gasteiger partial charge in [0.15, 0.2) is 14.6 Å². The molecule has 1 aromatic carbocycles. The summed E-state index contributed by atoms with van der Waals surface area (Å²) in [6, 6.07) is 8.51. The Morgan fingerprint density at radius 2 is 1.74 bits per heavy atom. The van der Waals surface area contributed by atoms with E-state index in [1.165, 1.54) is 21.9 Å². The number of rotatable bonds is 8. The molecule has 0 bridgehead atoms. The third-order valence-electron chi connectivity index (χ3n) is 6.98. The number of carbonyl (C=O) groups excluding carboxylic acids is 3. The van der Waals surface area contributed by atoms with Crippen molar-refractivity contribution in [3.05, 3.63) is 53.3 Å². The summed E-state index contributed by atoms with van der Waals surface area (Å²) in [6.45, 7) is 2.78. The maximum atomic E-state index is 12.8. The number of urea groups is 1. The third kappa shape index (κ3) is 5.10. The minimum atomic E-state index is -3.86. The van der Waals surface area contributed by atoms with Gasteiger partial charge in [-0.3, -0.25) is 19.5 Å². The Hall–Kier alpha value is -3.86. The van der Waals surface area contributed by atoms with Crippen LogP contribution >= 0.6 is 0 Å². The van der Waals surface area contributed by atoms with Crippen LogP contribution in [0.1, 0.15) is 30.2 Å². The van der Waals surface area contributed by atoms with Crippen LogP contribution in [0.25, 0.3) is 0 Å². The zero-order valence-electron chi connectivity index (χ0n) is 21.0. The number of amides is 4. The first-order valence-electron chi connectivity index (χ1n) is 11.9. The molecule has 13 heteroatoms. The van der Waals surface area contributed by atoms with E-state index in [4.69, 9.17) is 10.3 Å². The number of aliphatic hydroxyl groups is 1. The van der Waals surface area contributed by atoms with Crippen LogP contribution in [0.5, 0.6) is 0 Å². The fraction of sp³-hybridized carbons (Fsp3) is 0.400. The minimum Gasteiger partial charge on any atom is -0.395 e. The summed E-state index contributed by atoms with van der Waals surface area (Å²) >= 11 is 0. The van der Waals surface area contributed by atoms with Crippen LogP contribution in [-0.2, 0) is 21.2 Å². The third-order valence-corrected chi connectivity index (χ3v) is 9.01. The number of nitrogens with one attached hydrogen (secondary N) is 1. The van der Waals surface area contributed by atoms with E-state index in [2.05, 4.69) is 11.8 Å². The predicted octanol–water partition coefficient (Wildman–Crippen LogP) is 0.605. The highest BCUT2D eigenvalue weighted by atomic mass is 32.2. The molecule has 0 spiro atoms. The summed E-state index contributed by atoms with van der Waals surface area (Å²) in [5.41, 5.74) is 4.19. The van der Waals surface area contributed by atoms with Crippen molar-refractivity contribution in [2.45, 2.75) is 24.6 Å². The molecule has 0 radical (unpaired) electrons. The molecule has 0 unspecified atom stereocenters. The zero-order chi connectivity index (χ0) is 27.7. The van der Waals surface area contributed by atoms with Gasteiger partial charge in [0.25, 0.3) is 5.91 Å². The van der Waals surface area contributed by atoms with Crippen LogP contribution in [-0.4, -0.2) is 94.9 Å². The van der Waals surface area contributed by atoms with Crippen LogP contribution in [0.15, 0.2) is 36.5 Å². The Balaban J connectivity index is 1.39. The molecule has 2 aliphatic rings. The molecule has 12 nitrogen and oxygen atoms in total. The lowest BCUT2D eigenvalue weighted by Crippen LogP contribution is -2.50. The molecule has 2 aliphatic heterocycles. The first kappa shape index (κ1) is 27.2. The number of sulfone groups is 1. The van der Waals surface area contributed by atoms with Crippen molar-refractivity contribution in [3.8, 4) is 11.8 Å². The molecular formula is C25H29N5O7S. The normalized spacial score (nSPS) is 16.8. The smallest absolute Gasteiger partial charge is 0.328 e. The maximum Gasteiger partial charge on any atom is 0.328 e. The average Bonchev–Trinajstić information content (AvgIpc) is 3.54. The summed E-state index contributed by atoms with van der Waals surface area (Å²) in [6.07, 6.45) is 2.34. The standard InChI is InChI=1S/C25H29N5O7S/c1-25(22(32)26-35,38(2,36)37)9-10-28-17-21-15-19(16-30(21)24(28)34)4-3-18-5-7-20(8-6-18)29-12-11-27(13-14-31)23(29)33/h5-8,15-16,31,35H,9-14,17H2,1-2H3,(H,26,32)/t25-/m1/s1. The number of fused-ring (bicyclic) bond motifs is 1. The second-order valence-corrected chi connectivity index (χ2v) is 11.9. The molecule has 202 valence electrons. The number of β-amino-alcohol motifs (C(OH)–C–C–N with tert-alkyl or cyclic N) is 1. The van der Waals surface area contributed by atoms with Gasteiger partial charge in [-0.25, -0.2) is 23.5 Å². The second kappa shape index (κ2) is 10.5. The van der Waals surface area contributed by atoms with Gasteiger partial charge in [-0.2, -0.15) is 0 Å². The largest absolute Gasteiger partial charge is 0.395 e. The number of anilines is 1. The molecule has 3 heterocycles. The first-order valence-corrected chi connectivity index (χ1v) is 13.8. The average molecular weight is 544 g/mol. The van der Waals surface area contributed by atoms with E-state index in [1.807, 2.05) is 24.3 Å². The van der Waals surface area contributed by atoms with E-state index in [0.29, 0.717) is 30.9 Å². The van der Waals surface area contributed by atoms with Gasteiger partial charge in [-0.05, 0) is 43.7 Å². The van der Waals surface area contributed by atoms with Gasteiger partial charge in [-0.15, -0.1) is 0 Å². The van der Waals surface area contributed by atoms with Crippen LogP contribution < -0.4 is 10.4 Å². The molecule has 1 aromatic heterocycles. The van der Waals surface area contributed by atoms with Crippen LogP contribution in [0.3, 0.4) is 0 Å². The number of carbonyl (C=O) groups is 3. The highest BCUT2D eigenvalue weighted by molar-refractivity contribution is 7.92. The van der Waals surface area contributed by atoms with E-state index >= 15 is 0 Å². The number of aliphatic hydroxyl groups excluding tert-OH is 1. The predicted molar refractivity (Wildman–Crippen MR) is 137 cm³/mol. The molecule has 4 rings (SSSR count). The van der Waals surface area contributed by atoms with Gasteiger partial charge in [0.05, 0.1) is 13.2 Å². The van der Waals surface area contributed by atoms with Gasteiger partial charge in [0, 0.05) is 61.1 Å². The molecule has 0 aliphatic carbocycles. The highest BCUT2D eigenvalue weighted by Crippen LogP contribution is 2.26. The lowest BCUT2D eigenvalue weighted by Gasteiger charge is -2.27. The fourth-order valence-electron chi connectivity index (χ4n) is 4.42. The lowest BCUT2D eigenvalue weighted by molar-refractivity contribution is -0.131.